The SMILES string of the molecule is O=C([C@H](O)[C@@H](O)[C@@](O)(C1O[C@H](CO)[C@@H](O)[C@H](O)[C@H]1O)[C@H](O)CO)[C@@]1(CO)OC[C@@H](O)[C@H](O)[C@H]1O. The molecule has 2 saturated heterocycles. The Morgan fingerprint density at radius 3 is 2.03 bits per heavy atom. The first-order valence-corrected chi connectivity index (χ1v) is 10.3. The quantitative estimate of drug-likeness (QED) is 0.139. The van der Waals surface area contributed by atoms with Gasteiger partial charge >= 0.3 is 0 Å². The average molecular weight is 504 g/mol. The molecule has 16 nitrogen and oxygen atoms in total. The Balaban J connectivity index is 2.46. The van der Waals surface area contributed by atoms with Gasteiger partial charge in [-0.1, -0.05) is 0 Å². The molecule has 13 atom stereocenters. The second-order valence-corrected chi connectivity index (χ2v) is 8.45. The number of hydrogen-bond donors (Lipinski definition) is 13. The van der Waals surface area contributed by atoms with Crippen LogP contribution in [0.25, 0.3) is 0 Å². The zero-order chi connectivity index (χ0) is 26.2. The van der Waals surface area contributed by atoms with Crippen molar-refractivity contribution in [2.24, 2.45) is 0 Å². The molecule has 0 aliphatic carbocycles. The van der Waals surface area contributed by atoms with Gasteiger partial charge in [0.25, 0.3) is 0 Å². The van der Waals surface area contributed by atoms with E-state index in [0.29, 0.717) is 0 Å². The summed E-state index contributed by atoms with van der Waals surface area (Å²) in [6, 6.07) is 0. The van der Waals surface area contributed by atoms with Crippen LogP contribution in [0, 0.1) is 0 Å². The summed E-state index contributed by atoms with van der Waals surface area (Å²) in [5, 5.41) is 131. The lowest BCUT2D eigenvalue weighted by Gasteiger charge is -2.51. The molecule has 1 unspecified atom stereocenters. The van der Waals surface area contributed by atoms with E-state index in [9.17, 15) is 71.2 Å². The maximum Gasteiger partial charge on any atom is 0.200 e. The Bertz CT molecular complexity index is 693. The topological polar surface area (TPSA) is 299 Å². The number of carbonyl (C=O) groups excluding carboxylic acids is 1. The van der Waals surface area contributed by atoms with Crippen LogP contribution in [-0.2, 0) is 14.3 Å². The van der Waals surface area contributed by atoms with E-state index >= 15 is 0 Å². The van der Waals surface area contributed by atoms with Crippen molar-refractivity contribution in [3.63, 3.8) is 0 Å². The van der Waals surface area contributed by atoms with Gasteiger partial charge in [0.05, 0.1) is 26.4 Å². The highest BCUT2D eigenvalue weighted by molar-refractivity contribution is 5.93. The van der Waals surface area contributed by atoms with Gasteiger partial charge in [0.15, 0.2) is 5.60 Å². The predicted octanol–water partition coefficient (Wildman–Crippen LogP) is -8.95. The second kappa shape index (κ2) is 11.0. The van der Waals surface area contributed by atoms with Gasteiger partial charge in [0, 0.05) is 0 Å². The Morgan fingerprint density at radius 2 is 1.53 bits per heavy atom. The molecular weight excluding hydrogens is 472 g/mol. The van der Waals surface area contributed by atoms with Gasteiger partial charge in [-0.3, -0.25) is 4.79 Å². The molecule has 2 aliphatic rings. The Labute approximate surface area is 192 Å². The summed E-state index contributed by atoms with van der Waals surface area (Å²) in [6.45, 7) is -4.54. The molecule has 2 aliphatic heterocycles. The van der Waals surface area contributed by atoms with E-state index in [4.69, 9.17) is 9.47 Å². The monoisotopic (exact) mass is 504 g/mol. The minimum atomic E-state index is -3.38. The van der Waals surface area contributed by atoms with Gasteiger partial charge < -0.3 is 75.9 Å². The third-order valence-corrected chi connectivity index (χ3v) is 6.46. The minimum absolute atomic E-state index is 0.802. The van der Waals surface area contributed by atoms with Crippen molar-refractivity contribution in [1.82, 2.24) is 0 Å². The fourth-order valence-corrected chi connectivity index (χ4v) is 4.17. The van der Waals surface area contributed by atoms with Crippen molar-refractivity contribution in [2.75, 3.05) is 26.4 Å². The number of Topliss-reactive ketones (excluding diaryl/α,β-unsaturated/α-hetero) is 1. The fraction of sp³-hybridized carbons (Fsp3) is 0.944. The molecule has 0 spiro atoms. The first kappa shape index (κ1) is 29.3. The average Bonchev–Trinajstić information content (AvgIpc) is 2.84. The van der Waals surface area contributed by atoms with E-state index < -0.39 is 111 Å². The summed E-state index contributed by atoms with van der Waals surface area (Å²) in [7, 11) is 0. The van der Waals surface area contributed by atoms with Crippen LogP contribution in [0.2, 0.25) is 0 Å². The number of ketones is 1. The lowest BCUT2D eigenvalue weighted by atomic mass is 9.73. The van der Waals surface area contributed by atoms with Gasteiger partial charge in [-0.25, -0.2) is 0 Å². The largest absolute Gasteiger partial charge is 0.394 e. The highest BCUT2D eigenvalue weighted by Gasteiger charge is 2.63. The van der Waals surface area contributed by atoms with Gasteiger partial charge in [-0.05, 0) is 0 Å². The van der Waals surface area contributed by atoms with Crippen molar-refractivity contribution in [1.29, 1.82) is 0 Å². The van der Waals surface area contributed by atoms with E-state index in [1.165, 1.54) is 0 Å². The van der Waals surface area contributed by atoms with Crippen LogP contribution >= 0.6 is 0 Å². The zero-order valence-electron chi connectivity index (χ0n) is 17.7. The molecule has 13 N–H and O–H groups in total. The maximum atomic E-state index is 13.0. The number of ether oxygens (including phenoxy) is 2. The second-order valence-electron chi connectivity index (χ2n) is 8.45. The predicted molar refractivity (Wildman–Crippen MR) is 103 cm³/mol. The highest BCUT2D eigenvalue weighted by atomic mass is 16.6. The normalized spacial score (nSPS) is 43.6. The molecule has 2 rings (SSSR count). The molecule has 16 heteroatoms. The summed E-state index contributed by atoms with van der Waals surface area (Å²) >= 11 is 0. The van der Waals surface area contributed by atoms with E-state index in [1.54, 1.807) is 0 Å². The molecular formula is C18H32O16. The lowest BCUT2D eigenvalue weighted by Crippen LogP contribution is -2.75. The van der Waals surface area contributed by atoms with Crippen molar-refractivity contribution in [3.05, 3.63) is 0 Å². The van der Waals surface area contributed by atoms with Crippen LogP contribution in [0.4, 0.5) is 0 Å². The molecule has 0 radical (unpaired) electrons. The molecule has 2 fully saturated rings. The van der Waals surface area contributed by atoms with Gasteiger partial charge in [0.2, 0.25) is 5.78 Å². The summed E-state index contributed by atoms with van der Waals surface area (Å²) in [6.07, 6.45) is -24.7. The van der Waals surface area contributed by atoms with E-state index in [2.05, 4.69) is 0 Å². The van der Waals surface area contributed by atoms with Crippen molar-refractivity contribution >= 4 is 5.78 Å². The summed E-state index contributed by atoms with van der Waals surface area (Å²) in [5.74, 6) is -1.74. The van der Waals surface area contributed by atoms with Crippen molar-refractivity contribution in [3.8, 4) is 0 Å². The molecule has 0 bridgehead atoms. The zero-order valence-corrected chi connectivity index (χ0v) is 17.7. The van der Waals surface area contributed by atoms with Crippen molar-refractivity contribution < 1.29 is 80.7 Å². The van der Waals surface area contributed by atoms with E-state index in [1.807, 2.05) is 0 Å². The van der Waals surface area contributed by atoms with Crippen LogP contribution < -0.4 is 0 Å². The third-order valence-electron chi connectivity index (χ3n) is 6.46. The third kappa shape index (κ3) is 4.61. The first-order valence-electron chi connectivity index (χ1n) is 10.3. The Hall–Kier alpha value is -0.930. The summed E-state index contributed by atoms with van der Waals surface area (Å²) in [4.78, 5) is 13.0. The molecule has 0 amide bonds. The molecule has 0 aromatic carbocycles. The maximum absolute atomic E-state index is 13.0. The minimum Gasteiger partial charge on any atom is -0.394 e. The van der Waals surface area contributed by atoms with Gasteiger partial charge in [-0.2, -0.15) is 0 Å². The molecule has 0 aromatic heterocycles. The first-order chi connectivity index (χ1) is 15.8. The van der Waals surface area contributed by atoms with E-state index in [0.717, 1.165) is 0 Å². The standard InChI is InChI=1S/C18H32O16/c19-1-6-9(25)10(26)11(27)16(34-6)18(32,7(23)2-20)15(31)12(28)14(30)17(4-21)13(29)8(24)5(22)3-33-17/h5-13,15-16,19-29,31-32H,1-4H2/t5-,6-,7-,8+,9-,10+,11-,12+,13-,15-,16?,17+,18-/m1/s1. The number of rotatable bonds is 9. The van der Waals surface area contributed by atoms with E-state index in [-0.39, 0.29) is 0 Å². The number of hydrogen-bond acceptors (Lipinski definition) is 16. The Morgan fingerprint density at radius 1 is 0.941 bits per heavy atom. The van der Waals surface area contributed by atoms with Gasteiger partial charge in [0.1, 0.15) is 72.7 Å². The lowest BCUT2D eigenvalue weighted by molar-refractivity contribution is -0.311. The van der Waals surface area contributed by atoms with Crippen LogP contribution in [0.5, 0.6) is 0 Å². The smallest absolute Gasteiger partial charge is 0.200 e. The van der Waals surface area contributed by atoms with Crippen molar-refractivity contribution in [2.45, 2.75) is 78.3 Å². The van der Waals surface area contributed by atoms with Crippen LogP contribution in [0.15, 0.2) is 0 Å². The summed E-state index contributed by atoms with van der Waals surface area (Å²) in [5.41, 5.74) is -6.20. The molecule has 0 saturated carbocycles. The number of carbonyl (C=O) groups is 1. The number of aliphatic hydroxyl groups is 13. The molecule has 2 heterocycles. The molecule has 34 heavy (non-hydrogen) atoms. The van der Waals surface area contributed by atoms with Gasteiger partial charge in [-0.15, -0.1) is 0 Å². The van der Waals surface area contributed by atoms with Crippen LogP contribution in [-0.4, -0.2) is 177 Å². The summed E-state index contributed by atoms with van der Waals surface area (Å²) < 4.78 is 10.1. The number of aliphatic hydroxyl groups excluding tert-OH is 12. The van der Waals surface area contributed by atoms with Crippen LogP contribution in [0.3, 0.4) is 0 Å². The highest BCUT2D eigenvalue weighted by Crippen LogP contribution is 2.36. The Kier molecular flexibility index (Phi) is 9.47. The molecule has 0 aromatic rings. The van der Waals surface area contributed by atoms with Crippen LogP contribution in [0.1, 0.15) is 0 Å². The molecule has 200 valence electrons. The fourth-order valence-electron chi connectivity index (χ4n) is 4.17.